The van der Waals surface area contributed by atoms with Crippen molar-refractivity contribution in [3.63, 3.8) is 0 Å². The summed E-state index contributed by atoms with van der Waals surface area (Å²) in [6.07, 6.45) is 1.57. The van der Waals surface area contributed by atoms with E-state index in [-0.39, 0.29) is 23.3 Å². The van der Waals surface area contributed by atoms with Crippen molar-refractivity contribution < 1.29 is 18.8 Å². The number of rotatable bonds is 2. The molecular weight excluding hydrogens is 369 g/mol. The van der Waals surface area contributed by atoms with Crippen LogP contribution in [0.1, 0.15) is 55.4 Å². The van der Waals surface area contributed by atoms with E-state index in [0.29, 0.717) is 19.6 Å². The SMILES string of the molecule is C[C@H]1CN(c2ccc(B3OC(C)(C)C(C)(C)O3)cn2)CCN1C(=O)OC(C)(C)C. The molecule has 7 nitrogen and oxygen atoms in total. The molecule has 1 atom stereocenters. The van der Waals surface area contributed by atoms with Crippen LogP contribution in [0.3, 0.4) is 0 Å². The van der Waals surface area contributed by atoms with Gasteiger partial charge in [0.15, 0.2) is 0 Å². The van der Waals surface area contributed by atoms with Gasteiger partial charge in [-0.1, -0.05) is 6.07 Å². The Hall–Kier alpha value is -1.80. The van der Waals surface area contributed by atoms with Crippen LogP contribution in [-0.2, 0) is 14.0 Å². The van der Waals surface area contributed by atoms with Crippen LogP contribution in [0.15, 0.2) is 18.3 Å². The van der Waals surface area contributed by atoms with Crippen molar-refractivity contribution in [1.82, 2.24) is 9.88 Å². The zero-order valence-corrected chi connectivity index (χ0v) is 19.0. The highest BCUT2D eigenvalue weighted by Gasteiger charge is 2.51. The fourth-order valence-electron chi connectivity index (χ4n) is 3.46. The Bertz CT molecular complexity index is 729. The second-order valence-corrected chi connectivity index (χ2v) is 10.0. The van der Waals surface area contributed by atoms with Gasteiger partial charge in [0.1, 0.15) is 11.4 Å². The molecule has 1 aromatic heterocycles. The molecule has 0 aliphatic carbocycles. The number of aromatic nitrogens is 1. The molecule has 3 rings (SSSR count). The number of hydrogen-bond acceptors (Lipinski definition) is 6. The molecule has 0 radical (unpaired) electrons. The molecule has 0 unspecified atom stereocenters. The van der Waals surface area contributed by atoms with Crippen molar-refractivity contribution in [3.8, 4) is 0 Å². The summed E-state index contributed by atoms with van der Waals surface area (Å²) in [5.74, 6) is 0.890. The first-order valence-electron chi connectivity index (χ1n) is 10.4. The molecule has 8 heteroatoms. The van der Waals surface area contributed by atoms with Crippen molar-refractivity contribution in [1.29, 1.82) is 0 Å². The van der Waals surface area contributed by atoms with Crippen molar-refractivity contribution >= 4 is 24.5 Å². The van der Waals surface area contributed by atoms with Gasteiger partial charge in [0.25, 0.3) is 0 Å². The summed E-state index contributed by atoms with van der Waals surface area (Å²) in [5.41, 5.74) is -0.320. The number of pyridine rings is 1. The van der Waals surface area contributed by atoms with Gasteiger partial charge in [0.05, 0.1) is 11.2 Å². The van der Waals surface area contributed by atoms with Crippen molar-refractivity contribution in [2.45, 2.75) is 78.2 Å². The quantitative estimate of drug-likeness (QED) is 0.708. The fraction of sp³-hybridized carbons (Fsp3) is 0.714. The minimum absolute atomic E-state index is 0.0446. The molecule has 2 aliphatic heterocycles. The van der Waals surface area contributed by atoms with E-state index in [1.165, 1.54) is 0 Å². The molecule has 0 N–H and O–H groups in total. The third kappa shape index (κ3) is 4.69. The molecule has 29 heavy (non-hydrogen) atoms. The Balaban J connectivity index is 1.63. The monoisotopic (exact) mass is 403 g/mol. The third-order valence-electron chi connectivity index (χ3n) is 5.88. The summed E-state index contributed by atoms with van der Waals surface area (Å²) >= 11 is 0. The molecule has 0 spiro atoms. The lowest BCUT2D eigenvalue weighted by atomic mass is 9.80. The molecule has 0 aromatic carbocycles. The van der Waals surface area contributed by atoms with E-state index in [1.54, 1.807) is 4.90 Å². The van der Waals surface area contributed by atoms with Crippen LogP contribution in [0.2, 0.25) is 0 Å². The number of ether oxygens (including phenoxy) is 1. The van der Waals surface area contributed by atoms with Crippen molar-refractivity contribution in [2.75, 3.05) is 24.5 Å². The number of carbonyl (C=O) groups excluding carboxylic acids is 1. The van der Waals surface area contributed by atoms with E-state index >= 15 is 0 Å². The van der Waals surface area contributed by atoms with Crippen LogP contribution in [-0.4, -0.2) is 65.6 Å². The predicted octanol–water partition coefficient (Wildman–Crippen LogP) is 2.83. The Morgan fingerprint density at radius 2 is 1.79 bits per heavy atom. The number of carbonyl (C=O) groups is 1. The molecule has 2 saturated heterocycles. The van der Waals surface area contributed by atoms with Crippen LogP contribution >= 0.6 is 0 Å². The lowest BCUT2D eigenvalue weighted by Gasteiger charge is -2.40. The van der Waals surface area contributed by atoms with Crippen LogP contribution in [0.5, 0.6) is 0 Å². The van der Waals surface area contributed by atoms with E-state index in [2.05, 4.69) is 9.88 Å². The second kappa shape index (κ2) is 7.47. The Labute approximate surface area is 174 Å². The number of piperazine rings is 1. The summed E-state index contributed by atoms with van der Waals surface area (Å²) in [4.78, 5) is 21.0. The van der Waals surface area contributed by atoms with Gasteiger partial charge in [0.2, 0.25) is 0 Å². The lowest BCUT2D eigenvalue weighted by molar-refractivity contribution is 0.00578. The van der Waals surface area contributed by atoms with Crippen LogP contribution in [0.25, 0.3) is 0 Å². The number of hydrogen-bond donors (Lipinski definition) is 0. The van der Waals surface area contributed by atoms with Crippen molar-refractivity contribution in [3.05, 3.63) is 18.3 Å². The molecule has 3 heterocycles. The second-order valence-electron chi connectivity index (χ2n) is 10.0. The molecule has 1 aromatic rings. The first-order valence-corrected chi connectivity index (χ1v) is 10.4. The van der Waals surface area contributed by atoms with E-state index in [9.17, 15) is 4.79 Å². The summed E-state index contributed by atoms with van der Waals surface area (Å²) < 4.78 is 17.7. The maximum absolute atomic E-state index is 12.4. The molecule has 1 amide bonds. The van der Waals surface area contributed by atoms with Gasteiger partial charge in [-0.3, -0.25) is 0 Å². The summed E-state index contributed by atoms with van der Waals surface area (Å²) in [6, 6.07) is 4.05. The highest BCUT2D eigenvalue weighted by molar-refractivity contribution is 6.62. The summed E-state index contributed by atoms with van der Waals surface area (Å²) in [6.45, 7) is 17.9. The normalized spacial score (nSPS) is 24.0. The maximum Gasteiger partial charge on any atom is 0.496 e. The van der Waals surface area contributed by atoms with E-state index in [0.717, 1.165) is 11.3 Å². The van der Waals surface area contributed by atoms with Crippen LogP contribution in [0.4, 0.5) is 10.6 Å². The van der Waals surface area contributed by atoms with E-state index < -0.39 is 12.7 Å². The third-order valence-corrected chi connectivity index (χ3v) is 5.88. The highest BCUT2D eigenvalue weighted by atomic mass is 16.7. The van der Waals surface area contributed by atoms with Gasteiger partial charge < -0.3 is 23.8 Å². The lowest BCUT2D eigenvalue weighted by Crippen LogP contribution is -2.55. The molecule has 0 saturated carbocycles. The van der Waals surface area contributed by atoms with Gasteiger partial charge >= 0.3 is 13.2 Å². The van der Waals surface area contributed by atoms with Crippen LogP contribution < -0.4 is 10.4 Å². The molecule has 160 valence electrons. The Morgan fingerprint density at radius 1 is 1.17 bits per heavy atom. The average Bonchev–Trinajstić information content (AvgIpc) is 2.81. The topological polar surface area (TPSA) is 64.1 Å². The maximum atomic E-state index is 12.4. The average molecular weight is 403 g/mol. The Kier molecular flexibility index (Phi) is 5.64. The standard InChI is InChI=1S/C21H34BN3O4/c1-15-14-24(11-12-25(15)18(26)27-19(2,3)4)17-10-9-16(13-23-17)22-28-20(5,6)21(7,8)29-22/h9-10,13,15H,11-12,14H2,1-8H3/t15-/m0/s1. The minimum Gasteiger partial charge on any atom is -0.444 e. The van der Waals surface area contributed by atoms with Gasteiger partial charge in [0, 0.05) is 37.3 Å². The van der Waals surface area contributed by atoms with Gasteiger partial charge in [-0.15, -0.1) is 0 Å². The zero-order valence-electron chi connectivity index (χ0n) is 19.0. The van der Waals surface area contributed by atoms with Gasteiger partial charge in [-0.25, -0.2) is 9.78 Å². The summed E-state index contributed by atoms with van der Waals surface area (Å²) in [7, 11) is -0.413. The first kappa shape index (κ1) is 21.9. The predicted molar refractivity (Wildman–Crippen MR) is 115 cm³/mol. The molecule has 2 aliphatic rings. The molecular formula is C21H34BN3O4. The van der Waals surface area contributed by atoms with Crippen molar-refractivity contribution in [2.24, 2.45) is 0 Å². The van der Waals surface area contributed by atoms with E-state index in [1.807, 2.05) is 73.7 Å². The highest BCUT2D eigenvalue weighted by Crippen LogP contribution is 2.36. The zero-order chi connectivity index (χ0) is 21.6. The van der Waals surface area contributed by atoms with Gasteiger partial charge in [-0.2, -0.15) is 0 Å². The number of anilines is 1. The smallest absolute Gasteiger partial charge is 0.444 e. The van der Waals surface area contributed by atoms with Gasteiger partial charge in [-0.05, 0) is 61.5 Å². The molecule has 2 fully saturated rings. The first-order chi connectivity index (χ1) is 13.3. The fourth-order valence-corrected chi connectivity index (χ4v) is 3.46. The number of amides is 1. The summed E-state index contributed by atoms with van der Waals surface area (Å²) in [5, 5.41) is 0. The minimum atomic E-state index is -0.487. The largest absolute Gasteiger partial charge is 0.496 e. The molecule has 0 bridgehead atoms. The van der Waals surface area contributed by atoms with E-state index in [4.69, 9.17) is 14.0 Å². The Morgan fingerprint density at radius 3 is 2.28 bits per heavy atom. The van der Waals surface area contributed by atoms with Crippen LogP contribution in [0, 0.1) is 0 Å². The number of nitrogens with zero attached hydrogens (tertiary/aromatic N) is 3.